The zero-order valence-corrected chi connectivity index (χ0v) is 2.93. The van der Waals surface area contributed by atoms with Gasteiger partial charge >= 0.3 is 5.91 Å². The van der Waals surface area contributed by atoms with Crippen LogP contribution in [0, 0.1) is 5.21 Å². The van der Waals surface area contributed by atoms with Gasteiger partial charge in [0.1, 0.15) is 0 Å². The fourth-order valence-electron chi connectivity index (χ4n) is 0.190. The van der Waals surface area contributed by atoms with Gasteiger partial charge in [-0.25, -0.2) is 4.79 Å². The highest BCUT2D eigenvalue weighted by Crippen LogP contribution is 1.69. The molecule has 1 fully saturated rings. The van der Waals surface area contributed by atoms with Crippen LogP contribution >= 0.6 is 0 Å². The zero-order valence-electron chi connectivity index (χ0n) is 2.93. The van der Waals surface area contributed by atoms with Crippen molar-refractivity contribution in [3.63, 3.8) is 0 Å². The molecule has 0 radical (unpaired) electrons. The van der Waals surface area contributed by atoms with Crippen LogP contribution < -0.4 is 5.23 Å². The fraction of sp³-hybridized carbons (Fsp3) is 0.500. The van der Waals surface area contributed by atoms with Crippen molar-refractivity contribution < 1.29 is 14.9 Å². The summed E-state index contributed by atoms with van der Waals surface area (Å²) in [6, 6.07) is 0. The van der Waals surface area contributed by atoms with Gasteiger partial charge in [-0.1, -0.05) is 0 Å². The lowest BCUT2D eigenvalue weighted by atomic mass is 10.6. The van der Waals surface area contributed by atoms with E-state index in [1.165, 1.54) is 0 Å². The van der Waals surface area contributed by atoms with Gasteiger partial charge in [-0.3, -0.25) is 0 Å². The average Bonchev–Trinajstić information content (AvgIpc) is 1.61. The number of rotatable bonds is 0. The van der Waals surface area contributed by atoms with Crippen molar-refractivity contribution in [3.8, 4) is 0 Å². The van der Waals surface area contributed by atoms with E-state index in [9.17, 15) is 10.0 Å². The summed E-state index contributed by atoms with van der Waals surface area (Å²) >= 11 is 0. The number of nitrogens with one attached hydrogen (secondary N) is 1. The van der Waals surface area contributed by atoms with Crippen molar-refractivity contribution in [2.45, 2.75) is 0 Å². The Bertz CT molecular complexity index is 80.9. The van der Waals surface area contributed by atoms with Gasteiger partial charge in [0, 0.05) is 0 Å². The highest BCUT2D eigenvalue weighted by Gasteiger charge is 2.24. The minimum Gasteiger partial charge on any atom is -0.592 e. The maximum absolute atomic E-state index is 9.76. The molecule has 0 aromatic heterocycles. The Morgan fingerprint density at radius 2 is 2.50 bits per heavy atom. The SMILES string of the molecule is O=C1CO[NH+]1[O-]. The maximum Gasteiger partial charge on any atom is 0.376 e. The molecule has 0 aliphatic carbocycles. The molecule has 0 aromatic carbocycles. The molecule has 1 heterocycles. The highest BCUT2D eigenvalue weighted by molar-refractivity contribution is 5.69. The van der Waals surface area contributed by atoms with Crippen LogP contribution in [-0.2, 0) is 9.63 Å². The molecule has 1 atom stereocenters. The van der Waals surface area contributed by atoms with E-state index in [1.807, 2.05) is 0 Å². The zero-order chi connectivity index (χ0) is 4.57. The third-order valence-electron chi connectivity index (χ3n) is 0.562. The quantitative estimate of drug-likeness (QED) is 0.344. The molecule has 4 heteroatoms. The van der Waals surface area contributed by atoms with Gasteiger partial charge in [0.2, 0.25) is 6.61 Å². The van der Waals surface area contributed by atoms with Crippen molar-refractivity contribution in [1.29, 1.82) is 0 Å². The average molecular weight is 89.0 g/mol. The van der Waals surface area contributed by atoms with Gasteiger partial charge in [-0.2, -0.15) is 10.1 Å². The van der Waals surface area contributed by atoms with Crippen LogP contribution in [0.4, 0.5) is 0 Å². The lowest BCUT2D eigenvalue weighted by molar-refractivity contribution is -1.02. The predicted molar refractivity (Wildman–Crippen MR) is 15.3 cm³/mol. The van der Waals surface area contributed by atoms with Gasteiger partial charge in [-0.15, -0.1) is 0 Å². The fourth-order valence-corrected chi connectivity index (χ4v) is 0.190. The van der Waals surface area contributed by atoms with E-state index in [1.54, 1.807) is 0 Å². The van der Waals surface area contributed by atoms with Crippen LogP contribution in [0.5, 0.6) is 0 Å². The first kappa shape index (κ1) is 3.73. The molecule has 0 spiro atoms. The maximum atomic E-state index is 9.76. The summed E-state index contributed by atoms with van der Waals surface area (Å²) in [5.74, 6) is -0.421. The van der Waals surface area contributed by atoms with Crippen molar-refractivity contribution in [3.05, 3.63) is 5.21 Å². The summed E-state index contributed by atoms with van der Waals surface area (Å²) in [5.41, 5.74) is 0. The largest absolute Gasteiger partial charge is 0.592 e. The van der Waals surface area contributed by atoms with E-state index in [0.29, 0.717) is 0 Å². The first-order chi connectivity index (χ1) is 2.80. The topological polar surface area (TPSA) is 53.8 Å². The Labute approximate surface area is 33.8 Å². The van der Waals surface area contributed by atoms with E-state index >= 15 is 0 Å². The smallest absolute Gasteiger partial charge is 0.376 e. The number of hydrogen-bond donors (Lipinski definition) is 1. The Morgan fingerprint density at radius 3 is 2.50 bits per heavy atom. The molecule has 0 bridgehead atoms. The summed E-state index contributed by atoms with van der Waals surface area (Å²) < 4.78 is 0. The predicted octanol–water partition coefficient (Wildman–Crippen LogP) is -2.16. The second-order valence-electron chi connectivity index (χ2n) is 0.999. The molecular weight excluding hydrogens is 86.0 g/mol. The molecule has 1 aliphatic heterocycles. The van der Waals surface area contributed by atoms with Crippen molar-refractivity contribution >= 4 is 5.91 Å². The molecule has 1 aliphatic rings. The van der Waals surface area contributed by atoms with Gasteiger partial charge in [-0.05, 0) is 0 Å². The van der Waals surface area contributed by atoms with Crippen LogP contribution in [-0.4, -0.2) is 12.5 Å². The van der Waals surface area contributed by atoms with E-state index in [2.05, 4.69) is 4.84 Å². The number of hydrogen-bond acceptors (Lipinski definition) is 3. The summed E-state index contributed by atoms with van der Waals surface area (Å²) in [4.78, 5) is 13.8. The minimum atomic E-state index is -0.699. The number of quaternary nitrogens is 1. The second kappa shape index (κ2) is 1.01. The third kappa shape index (κ3) is 0.316. The Hall–Kier alpha value is -0.450. The third-order valence-corrected chi connectivity index (χ3v) is 0.562. The molecule has 1 amide bonds. The lowest BCUT2D eigenvalue weighted by Crippen LogP contribution is -3.16. The van der Waals surface area contributed by atoms with Crippen molar-refractivity contribution in [1.82, 2.24) is 0 Å². The van der Waals surface area contributed by atoms with Gasteiger partial charge in [0.15, 0.2) is 0 Å². The van der Waals surface area contributed by atoms with Crippen LogP contribution in [0.3, 0.4) is 0 Å². The summed E-state index contributed by atoms with van der Waals surface area (Å²) in [7, 11) is 0. The van der Waals surface area contributed by atoms with E-state index < -0.39 is 11.1 Å². The number of carbonyl (C=O) groups is 1. The van der Waals surface area contributed by atoms with Crippen LogP contribution in [0.25, 0.3) is 0 Å². The summed E-state index contributed by atoms with van der Waals surface area (Å²) in [6.45, 7) is -0.0150. The summed E-state index contributed by atoms with van der Waals surface area (Å²) in [5, 5.41) is 8.96. The number of amides is 1. The van der Waals surface area contributed by atoms with E-state index in [4.69, 9.17) is 0 Å². The first-order valence-corrected chi connectivity index (χ1v) is 1.50. The normalized spacial score (nSPS) is 32.8. The molecule has 0 aromatic rings. The summed E-state index contributed by atoms with van der Waals surface area (Å²) in [6.07, 6.45) is 0. The monoisotopic (exact) mass is 89.0 g/mol. The van der Waals surface area contributed by atoms with Crippen LogP contribution in [0.2, 0.25) is 0 Å². The molecule has 4 nitrogen and oxygen atoms in total. The standard InChI is InChI=1S/C2H3NO3/c4-2-1-6-3(2)5/h3H,1H2. The molecule has 1 N–H and O–H groups in total. The Kier molecular flexibility index (Phi) is 0.625. The molecular formula is C2H3NO3. The second-order valence-corrected chi connectivity index (χ2v) is 0.999. The molecule has 1 rings (SSSR count). The Morgan fingerprint density at radius 1 is 2.00 bits per heavy atom. The van der Waals surface area contributed by atoms with Crippen LogP contribution in [0.1, 0.15) is 0 Å². The van der Waals surface area contributed by atoms with E-state index in [0.717, 1.165) is 0 Å². The molecule has 6 heavy (non-hydrogen) atoms. The van der Waals surface area contributed by atoms with Gasteiger partial charge in [0.25, 0.3) is 0 Å². The minimum absolute atomic E-state index is 0.0150. The van der Waals surface area contributed by atoms with Crippen molar-refractivity contribution in [2.24, 2.45) is 0 Å². The Balaban J connectivity index is 2.39. The number of carbonyl (C=O) groups excluding carboxylic acids is 1. The van der Waals surface area contributed by atoms with Gasteiger partial charge in [0.05, 0.1) is 0 Å². The molecule has 1 unspecified atom stereocenters. The molecule has 0 saturated carbocycles. The van der Waals surface area contributed by atoms with Crippen LogP contribution in [0.15, 0.2) is 0 Å². The number of hydroxylamine groups is 2. The van der Waals surface area contributed by atoms with Crippen molar-refractivity contribution in [2.75, 3.05) is 6.61 Å². The lowest BCUT2D eigenvalue weighted by Gasteiger charge is -2.23. The highest BCUT2D eigenvalue weighted by atomic mass is 16.9. The molecule has 34 valence electrons. The van der Waals surface area contributed by atoms with E-state index in [-0.39, 0.29) is 6.61 Å². The molecule has 1 saturated heterocycles. The van der Waals surface area contributed by atoms with Gasteiger partial charge < -0.3 is 5.21 Å². The first-order valence-electron chi connectivity index (χ1n) is 1.50.